The van der Waals surface area contributed by atoms with Gasteiger partial charge in [-0.05, 0) is 43.9 Å². The zero-order valence-corrected chi connectivity index (χ0v) is 24.4. The van der Waals surface area contributed by atoms with E-state index in [4.69, 9.17) is 14.2 Å². The average molecular weight is 588 g/mol. The van der Waals surface area contributed by atoms with Crippen LogP contribution in [0.2, 0.25) is 0 Å². The first-order chi connectivity index (χ1) is 20.1. The normalized spacial score (nSPS) is 24.1. The number of nitrogens with zero attached hydrogens (tertiary/aromatic N) is 1. The zero-order chi connectivity index (χ0) is 30.3. The number of benzene rings is 1. The van der Waals surface area contributed by atoms with Gasteiger partial charge in [-0.25, -0.2) is 0 Å². The summed E-state index contributed by atoms with van der Waals surface area (Å²) in [7, 11) is 1.55. The molecule has 1 aromatic rings. The van der Waals surface area contributed by atoms with Crippen LogP contribution < -0.4 is 26.0 Å². The number of ether oxygens (including phenoxy) is 3. The van der Waals surface area contributed by atoms with Gasteiger partial charge in [-0.1, -0.05) is 12.1 Å². The number of Topliss-reactive ketones (excluding diaryl/α,β-unsaturated/α-hetero) is 1. The fourth-order valence-electron chi connectivity index (χ4n) is 5.11. The van der Waals surface area contributed by atoms with Gasteiger partial charge in [0.15, 0.2) is 5.78 Å². The molecule has 4 rings (SSSR count). The molecule has 5 atom stereocenters. The second kappa shape index (κ2) is 14.1. The number of rotatable bonds is 14. The minimum absolute atomic E-state index is 0.0966. The molecule has 3 aliphatic heterocycles. The van der Waals surface area contributed by atoms with Crippen LogP contribution in [-0.4, -0.2) is 111 Å². The molecule has 0 aromatic heterocycles. The van der Waals surface area contributed by atoms with Gasteiger partial charge in [0.2, 0.25) is 23.6 Å². The van der Waals surface area contributed by atoms with E-state index < -0.39 is 35.5 Å². The number of morpholine rings is 1. The third kappa shape index (κ3) is 8.73. The number of ketones is 1. The Morgan fingerprint density at radius 3 is 2.33 bits per heavy atom. The number of methoxy groups -OCH3 is 1. The Kier molecular flexibility index (Phi) is 10.5. The lowest BCUT2D eigenvalue weighted by Gasteiger charge is -2.27. The van der Waals surface area contributed by atoms with E-state index in [9.17, 15) is 24.0 Å². The maximum Gasteiger partial charge on any atom is 0.243 e. The quantitative estimate of drug-likeness (QED) is 0.198. The minimum atomic E-state index is -1.05. The first kappa shape index (κ1) is 31.4. The van der Waals surface area contributed by atoms with Crippen molar-refractivity contribution < 1.29 is 38.2 Å². The van der Waals surface area contributed by atoms with E-state index in [1.54, 1.807) is 45.2 Å². The Hall–Kier alpha value is -3.55. The number of nitrogens with one attached hydrogen (secondary N) is 4. The SMILES string of the molecule is COc1ccc(C[C@H](NC(=O)C(C)NC(=O)CN2CCOCC2)C(=O)N[C@@H](CC2CNC(=O)C2)C(=O)C2(C)CO2)cc1. The van der Waals surface area contributed by atoms with Crippen molar-refractivity contribution in [3.8, 4) is 5.75 Å². The topological polar surface area (TPSA) is 168 Å². The number of carbonyl (C=O) groups is 5. The molecule has 3 fully saturated rings. The molecule has 42 heavy (non-hydrogen) atoms. The Labute approximate surface area is 245 Å². The summed E-state index contributed by atoms with van der Waals surface area (Å²) in [6.07, 6.45) is 0.665. The third-order valence-electron chi connectivity index (χ3n) is 7.84. The van der Waals surface area contributed by atoms with E-state index in [0.29, 0.717) is 38.6 Å². The van der Waals surface area contributed by atoms with Crippen molar-refractivity contribution in [2.45, 2.75) is 56.8 Å². The summed E-state index contributed by atoms with van der Waals surface area (Å²) in [4.78, 5) is 66.4. The number of amides is 4. The summed E-state index contributed by atoms with van der Waals surface area (Å²) in [5.41, 5.74) is -0.228. The molecule has 0 radical (unpaired) electrons. The van der Waals surface area contributed by atoms with Gasteiger partial charge in [0.25, 0.3) is 0 Å². The Balaban J connectivity index is 1.44. The lowest BCUT2D eigenvalue weighted by Crippen LogP contribution is -2.57. The summed E-state index contributed by atoms with van der Waals surface area (Å²) >= 11 is 0. The van der Waals surface area contributed by atoms with Gasteiger partial charge in [0, 0.05) is 32.5 Å². The molecule has 13 heteroatoms. The number of hydrogen-bond donors (Lipinski definition) is 4. The molecule has 0 aliphatic carbocycles. The standard InChI is InChI=1S/C29H41N5O8/c1-18(31-25(36)16-34-8-10-41-11-9-34)27(38)33-23(12-19-4-6-21(40-3)7-5-19)28(39)32-22(26(37)29(2)17-42-29)13-20-14-24(35)30-15-20/h4-7,18,20,22-23H,8-17H2,1-3H3,(H,30,35)(H,31,36)(H,32,39)(H,33,38)/t18?,20?,22-,23-,29?/m0/s1. The summed E-state index contributed by atoms with van der Waals surface area (Å²) in [6.45, 7) is 6.40. The highest BCUT2D eigenvalue weighted by Gasteiger charge is 2.50. The van der Waals surface area contributed by atoms with Crippen LogP contribution in [0.15, 0.2) is 24.3 Å². The van der Waals surface area contributed by atoms with Gasteiger partial charge in [-0.2, -0.15) is 0 Å². The predicted molar refractivity (Wildman–Crippen MR) is 151 cm³/mol. The van der Waals surface area contributed by atoms with Crippen LogP contribution in [0.25, 0.3) is 0 Å². The molecule has 230 valence electrons. The van der Waals surface area contributed by atoms with Crippen molar-refractivity contribution in [3.63, 3.8) is 0 Å². The van der Waals surface area contributed by atoms with Crippen LogP contribution in [0.3, 0.4) is 0 Å². The zero-order valence-electron chi connectivity index (χ0n) is 24.4. The van der Waals surface area contributed by atoms with Crippen LogP contribution >= 0.6 is 0 Å². The number of epoxide rings is 1. The lowest BCUT2D eigenvalue weighted by atomic mass is 9.91. The van der Waals surface area contributed by atoms with E-state index in [0.717, 1.165) is 5.56 Å². The van der Waals surface area contributed by atoms with Crippen LogP contribution in [0.4, 0.5) is 0 Å². The molecule has 1 aromatic carbocycles. The van der Waals surface area contributed by atoms with E-state index in [1.165, 1.54) is 0 Å². The average Bonchev–Trinajstić information content (AvgIpc) is 3.60. The molecule has 3 heterocycles. The van der Waals surface area contributed by atoms with Crippen molar-refractivity contribution in [1.29, 1.82) is 0 Å². The van der Waals surface area contributed by atoms with Gasteiger partial charge in [-0.15, -0.1) is 0 Å². The van der Waals surface area contributed by atoms with Crippen LogP contribution in [-0.2, 0) is 39.9 Å². The number of carbonyl (C=O) groups excluding carboxylic acids is 5. The molecule has 0 spiro atoms. The number of hydrogen-bond acceptors (Lipinski definition) is 9. The second-order valence-electron chi connectivity index (χ2n) is 11.3. The molecule has 4 N–H and O–H groups in total. The Bertz CT molecular complexity index is 1150. The molecule has 3 aliphatic rings. The van der Waals surface area contributed by atoms with Crippen molar-refractivity contribution in [2.24, 2.45) is 5.92 Å². The van der Waals surface area contributed by atoms with E-state index in [-0.39, 0.29) is 55.9 Å². The summed E-state index contributed by atoms with van der Waals surface area (Å²) < 4.78 is 15.9. The molecule has 13 nitrogen and oxygen atoms in total. The monoisotopic (exact) mass is 587 g/mol. The Morgan fingerprint density at radius 1 is 1.07 bits per heavy atom. The van der Waals surface area contributed by atoms with E-state index in [1.807, 2.05) is 4.90 Å². The summed E-state index contributed by atoms with van der Waals surface area (Å²) in [5.74, 6) is -1.24. The fraction of sp³-hybridized carbons (Fsp3) is 0.621. The lowest BCUT2D eigenvalue weighted by molar-refractivity contribution is -0.134. The van der Waals surface area contributed by atoms with E-state index in [2.05, 4.69) is 21.3 Å². The predicted octanol–water partition coefficient (Wildman–Crippen LogP) is -1.07. The van der Waals surface area contributed by atoms with Gasteiger partial charge in [0.1, 0.15) is 23.4 Å². The molecular formula is C29H41N5O8. The Morgan fingerprint density at radius 2 is 1.74 bits per heavy atom. The van der Waals surface area contributed by atoms with Crippen LogP contribution in [0.5, 0.6) is 5.75 Å². The highest BCUT2D eigenvalue weighted by Crippen LogP contribution is 2.30. The van der Waals surface area contributed by atoms with Crippen molar-refractivity contribution in [2.75, 3.05) is 53.1 Å². The van der Waals surface area contributed by atoms with Gasteiger partial charge >= 0.3 is 0 Å². The highest BCUT2D eigenvalue weighted by molar-refractivity contribution is 5.98. The molecular weight excluding hydrogens is 546 g/mol. The summed E-state index contributed by atoms with van der Waals surface area (Å²) in [6, 6.07) is 4.23. The van der Waals surface area contributed by atoms with Gasteiger partial charge < -0.3 is 35.5 Å². The summed E-state index contributed by atoms with van der Waals surface area (Å²) in [5, 5.41) is 11.1. The van der Waals surface area contributed by atoms with Gasteiger partial charge in [-0.3, -0.25) is 28.9 Å². The molecule has 0 bridgehead atoms. The maximum absolute atomic E-state index is 13.7. The van der Waals surface area contributed by atoms with E-state index >= 15 is 0 Å². The largest absolute Gasteiger partial charge is 0.497 e. The molecule has 3 saturated heterocycles. The first-order valence-corrected chi connectivity index (χ1v) is 14.3. The van der Waals surface area contributed by atoms with Crippen LogP contribution in [0.1, 0.15) is 32.3 Å². The molecule has 0 saturated carbocycles. The van der Waals surface area contributed by atoms with Crippen molar-refractivity contribution >= 4 is 29.4 Å². The maximum atomic E-state index is 13.7. The second-order valence-corrected chi connectivity index (χ2v) is 11.3. The van der Waals surface area contributed by atoms with Gasteiger partial charge in [0.05, 0.1) is 39.5 Å². The fourth-order valence-corrected chi connectivity index (χ4v) is 5.11. The molecule has 4 amide bonds. The highest BCUT2D eigenvalue weighted by atomic mass is 16.6. The minimum Gasteiger partial charge on any atom is -0.497 e. The first-order valence-electron chi connectivity index (χ1n) is 14.3. The van der Waals surface area contributed by atoms with Crippen molar-refractivity contribution in [3.05, 3.63) is 29.8 Å². The smallest absolute Gasteiger partial charge is 0.243 e. The van der Waals surface area contributed by atoms with Crippen molar-refractivity contribution in [1.82, 2.24) is 26.2 Å². The van der Waals surface area contributed by atoms with Crippen LogP contribution in [0, 0.1) is 5.92 Å². The third-order valence-corrected chi connectivity index (χ3v) is 7.84. The molecule has 3 unspecified atom stereocenters.